The average molecular weight is 187 g/mol. The number of hydrogen-bond acceptors (Lipinski definition) is 3. The molecule has 0 spiro atoms. The fourth-order valence-corrected chi connectivity index (χ4v) is 1.95. The smallest absolute Gasteiger partial charge is 0.0662 e. The highest BCUT2D eigenvalue weighted by Crippen LogP contribution is 2.25. The third-order valence-electron chi connectivity index (χ3n) is 3.09. The first-order chi connectivity index (χ1) is 6.15. The summed E-state index contributed by atoms with van der Waals surface area (Å²) in [5, 5.41) is 21.8. The minimum Gasteiger partial charge on any atom is -0.396 e. The van der Waals surface area contributed by atoms with Crippen LogP contribution in [0.2, 0.25) is 0 Å². The predicted molar refractivity (Wildman–Crippen MR) is 52.5 cm³/mol. The molecule has 0 aromatic heterocycles. The molecule has 0 radical (unpaired) electrons. The molecule has 3 heteroatoms. The zero-order valence-corrected chi connectivity index (χ0v) is 8.53. The standard InChI is InChI=1S/C10H21NO2/c1-7(8(2)13)11-10-5-3-4-9(10)6-12/h7-13H,3-6H2,1-2H3. The molecule has 1 aliphatic carbocycles. The summed E-state index contributed by atoms with van der Waals surface area (Å²) >= 11 is 0. The van der Waals surface area contributed by atoms with Crippen molar-refractivity contribution >= 4 is 0 Å². The van der Waals surface area contributed by atoms with E-state index in [0.717, 1.165) is 12.8 Å². The van der Waals surface area contributed by atoms with Gasteiger partial charge >= 0.3 is 0 Å². The van der Waals surface area contributed by atoms with Gasteiger partial charge in [-0.3, -0.25) is 0 Å². The molecule has 0 amide bonds. The van der Waals surface area contributed by atoms with Crippen LogP contribution in [0.3, 0.4) is 0 Å². The Labute approximate surface area is 80.2 Å². The van der Waals surface area contributed by atoms with Crippen LogP contribution in [0.25, 0.3) is 0 Å². The summed E-state index contributed by atoms with van der Waals surface area (Å²) in [6.45, 7) is 4.04. The lowest BCUT2D eigenvalue weighted by Crippen LogP contribution is -2.44. The van der Waals surface area contributed by atoms with Gasteiger partial charge in [-0.15, -0.1) is 0 Å². The quantitative estimate of drug-likeness (QED) is 0.601. The van der Waals surface area contributed by atoms with Gasteiger partial charge in [0.15, 0.2) is 0 Å². The molecule has 0 aliphatic heterocycles. The Kier molecular flexibility index (Phi) is 4.16. The molecule has 3 N–H and O–H groups in total. The third kappa shape index (κ3) is 2.93. The predicted octanol–water partition coefficient (Wildman–Crippen LogP) is 0.506. The fourth-order valence-electron chi connectivity index (χ4n) is 1.95. The van der Waals surface area contributed by atoms with E-state index in [1.165, 1.54) is 6.42 Å². The van der Waals surface area contributed by atoms with Gasteiger partial charge in [0.1, 0.15) is 0 Å². The largest absolute Gasteiger partial charge is 0.396 e. The maximum Gasteiger partial charge on any atom is 0.0662 e. The lowest BCUT2D eigenvalue weighted by molar-refractivity contribution is 0.131. The summed E-state index contributed by atoms with van der Waals surface area (Å²) in [5.41, 5.74) is 0. The van der Waals surface area contributed by atoms with E-state index < -0.39 is 0 Å². The van der Waals surface area contributed by atoms with Gasteiger partial charge in [-0.05, 0) is 32.6 Å². The molecule has 0 aromatic rings. The Balaban J connectivity index is 2.34. The summed E-state index contributed by atoms with van der Waals surface area (Å²) in [6.07, 6.45) is 3.11. The molecule has 0 saturated heterocycles. The van der Waals surface area contributed by atoms with Gasteiger partial charge in [0, 0.05) is 18.7 Å². The average Bonchev–Trinajstić information content (AvgIpc) is 2.51. The van der Waals surface area contributed by atoms with Crippen LogP contribution in [0, 0.1) is 5.92 Å². The van der Waals surface area contributed by atoms with Crippen LogP contribution in [0.15, 0.2) is 0 Å². The van der Waals surface area contributed by atoms with Crippen LogP contribution in [0.5, 0.6) is 0 Å². The molecule has 1 rings (SSSR count). The van der Waals surface area contributed by atoms with Gasteiger partial charge in [-0.25, -0.2) is 0 Å². The van der Waals surface area contributed by atoms with E-state index in [4.69, 9.17) is 5.11 Å². The van der Waals surface area contributed by atoms with Crippen molar-refractivity contribution in [2.24, 2.45) is 5.92 Å². The van der Waals surface area contributed by atoms with E-state index in [-0.39, 0.29) is 18.8 Å². The third-order valence-corrected chi connectivity index (χ3v) is 3.09. The first-order valence-electron chi connectivity index (χ1n) is 5.20. The lowest BCUT2D eigenvalue weighted by atomic mass is 10.0. The fraction of sp³-hybridized carbons (Fsp3) is 1.00. The second-order valence-corrected chi connectivity index (χ2v) is 4.18. The Hall–Kier alpha value is -0.120. The first kappa shape index (κ1) is 11.0. The summed E-state index contributed by atoms with van der Waals surface area (Å²) in [7, 11) is 0. The molecule has 1 aliphatic rings. The second-order valence-electron chi connectivity index (χ2n) is 4.18. The summed E-state index contributed by atoms with van der Waals surface area (Å²) in [4.78, 5) is 0. The number of nitrogens with one attached hydrogen (secondary N) is 1. The van der Waals surface area contributed by atoms with Crippen molar-refractivity contribution in [1.82, 2.24) is 5.32 Å². The van der Waals surface area contributed by atoms with Crippen LogP contribution in [0.4, 0.5) is 0 Å². The molecule has 13 heavy (non-hydrogen) atoms. The molecular formula is C10H21NO2. The SMILES string of the molecule is CC(O)C(C)NC1CCCC1CO. The van der Waals surface area contributed by atoms with Gasteiger partial charge in [-0.2, -0.15) is 0 Å². The summed E-state index contributed by atoms with van der Waals surface area (Å²) in [5.74, 6) is 0.390. The van der Waals surface area contributed by atoms with E-state index in [1.54, 1.807) is 6.92 Å². The molecule has 4 atom stereocenters. The van der Waals surface area contributed by atoms with Crippen molar-refractivity contribution in [3.8, 4) is 0 Å². The number of aliphatic hydroxyl groups is 2. The minimum absolute atomic E-state index is 0.122. The van der Waals surface area contributed by atoms with Gasteiger partial charge in [0.2, 0.25) is 0 Å². The van der Waals surface area contributed by atoms with Crippen molar-refractivity contribution in [2.45, 2.75) is 51.3 Å². The lowest BCUT2D eigenvalue weighted by Gasteiger charge is -2.25. The van der Waals surface area contributed by atoms with E-state index in [2.05, 4.69) is 5.32 Å². The summed E-state index contributed by atoms with van der Waals surface area (Å²) < 4.78 is 0. The molecule has 3 nitrogen and oxygen atoms in total. The van der Waals surface area contributed by atoms with Crippen molar-refractivity contribution in [3.63, 3.8) is 0 Å². The van der Waals surface area contributed by atoms with Crippen LogP contribution in [-0.4, -0.2) is 35.0 Å². The Morgan fingerprint density at radius 1 is 1.38 bits per heavy atom. The van der Waals surface area contributed by atoms with Gasteiger partial charge in [0.25, 0.3) is 0 Å². The van der Waals surface area contributed by atoms with Crippen molar-refractivity contribution in [2.75, 3.05) is 6.61 Å². The second kappa shape index (κ2) is 4.94. The summed E-state index contributed by atoms with van der Waals surface area (Å²) in [6, 6.07) is 0.520. The minimum atomic E-state index is -0.319. The highest BCUT2D eigenvalue weighted by molar-refractivity contribution is 4.85. The highest BCUT2D eigenvalue weighted by Gasteiger charge is 2.28. The molecule has 1 saturated carbocycles. The van der Waals surface area contributed by atoms with Crippen LogP contribution >= 0.6 is 0 Å². The highest BCUT2D eigenvalue weighted by atomic mass is 16.3. The normalized spacial score (nSPS) is 33.2. The molecule has 4 unspecified atom stereocenters. The first-order valence-corrected chi connectivity index (χ1v) is 5.20. The number of hydrogen-bond donors (Lipinski definition) is 3. The topological polar surface area (TPSA) is 52.5 Å². The van der Waals surface area contributed by atoms with Crippen LogP contribution in [-0.2, 0) is 0 Å². The van der Waals surface area contributed by atoms with Gasteiger partial charge in [0.05, 0.1) is 6.10 Å². The molecule has 1 fully saturated rings. The van der Waals surface area contributed by atoms with E-state index >= 15 is 0 Å². The van der Waals surface area contributed by atoms with Crippen molar-refractivity contribution < 1.29 is 10.2 Å². The van der Waals surface area contributed by atoms with E-state index in [9.17, 15) is 5.11 Å². The molecule has 78 valence electrons. The number of aliphatic hydroxyl groups excluding tert-OH is 2. The van der Waals surface area contributed by atoms with Gasteiger partial charge in [-0.1, -0.05) is 6.42 Å². The monoisotopic (exact) mass is 187 g/mol. The Morgan fingerprint density at radius 3 is 2.62 bits per heavy atom. The Morgan fingerprint density at radius 2 is 2.08 bits per heavy atom. The van der Waals surface area contributed by atoms with Crippen molar-refractivity contribution in [3.05, 3.63) is 0 Å². The van der Waals surface area contributed by atoms with E-state index in [0.29, 0.717) is 12.0 Å². The number of rotatable bonds is 4. The van der Waals surface area contributed by atoms with Gasteiger partial charge < -0.3 is 15.5 Å². The molecular weight excluding hydrogens is 166 g/mol. The van der Waals surface area contributed by atoms with Crippen molar-refractivity contribution in [1.29, 1.82) is 0 Å². The maximum atomic E-state index is 9.32. The molecule has 0 aromatic carbocycles. The van der Waals surface area contributed by atoms with E-state index in [1.807, 2.05) is 6.92 Å². The molecule has 0 bridgehead atoms. The maximum absolute atomic E-state index is 9.32. The van der Waals surface area contributed by atoms with Crippen LogP contribution in [0.1, 0.15) is 33.1 Å². The Bertz CT molecular complexity index is 150. The van der Waals surface area contributed by atoms with Crippen LogP contribution < -0.4 is 5.32 Å². The molecule has 0 heterocycles. The zero-order valence-electron chi connectivity index (χ0n) is 8.53. The zero-order chi connectivity index (χ0) is 9.84.